The summed E-state index contributed by atoms with van der Waals surface area (Å²) in [7, 11) is 1.60. The maximum absolute atomic E-state index is 13.5. The van der Waals surface area contributed by atoms with Crippen LogP contribution in [0, 0.1) is 12.8 Å². The fraction of sp³-hybridized carbons (Fsp3) is 0.364. The van der Waals surface area contributed by atoms with Crippen molar-refractivity contribution < 1.29 is 14.3 Å². The smallest absolute Gasteiger partial charge is 0.258 e. The van der Waals surface area contributed by atoms with Crippen LogP contribution in [0.15, 0.2) is 48.5 Å². The maximum Gasteiger partial charge on any atom is 0.258 e. The molecule has 146 valence electrons. The number of anilines is 1. The molecule has 1 aliphatic rings. The Hall–Kier alpha value is -2.28. The second-order valence-electron chi connectivity index (χ2n) is 7.11. The second kappa shape index (κ2) is 8.39. The maximum atomic E-state index is 13.5. The Kier molecular flexibility index (Phi) is 5.71. The van der Waals surface area contributed by atoms with Crippen LogP contribution >= 0.6 is 11.3 Å². The van der Waals surface area contributed by atoms with Crippen LogP contribution in [0.5, 0.6) is 0 Å². The Morgan fingerprint density at radius 3 is 2.79 bits per heavy atom. The number of hydrogen-bond acceptors (Lipinski definition) is 5. The van der Waals surface area contributed by atoms with Crippen molar-refractivity contribution in [2.75, 3.05) is 25.2 Å². The van der Waals surface area contributed by atoms with Gasteiger partial charge in [0, 0.05) is 19.6 Å². The molecule has 4 rings (SSSR count). The van der Waals surface area contributed by atoms with E-state index in [1.807, 2.05) is 55.5 Å². The molecule has 1 fully saturated rings. The van der Waals surface area contributed by atoms with Gasteiger partial charge in [0.2, 0.25) is 0 Å². The number of carbonyl (C=O) groups excluding carboxylic acids is 1. The van der Waals surface area contributed by atoms with Crippen LogP contribution < -0.4 is 4.90 Å². The molecule has 0 N–H and O–H groups in total. The number of carbonyl (C=O) groups is 1. The highest BCUT2D eigenvalue weighted by molar-refractivity contribution is 7.22. The van der Waals surface area contributed by atoms with Gasteiger partial charge >= 0.3 is 0 Å². The molecule has 2 unspecified atom stereocenters. The van der Waals surface area contributed by atoms with Gasteiger partial charge in [-0.1, -0.05) is 53.8 Å². The van der Waals surface area contributed by atoms with E-state index in [9.17, 15) is 4.79 Å². The first-order valence-corrected chi connectivity index (χ1v) is 10.3. The van der Waals surface area contributed by atoms with Crippen LogP contribution in [-0.4, -0.2) is 37.3 Å². The fourth-order valence-electron chi connectivity index (χ4n) is 3.64. The number of nitrogens with zero attached hydrogens (tertiary/aromatic N) is 2. The molecule has 2 heterocycles. The summed E-state index contributed by atoms with van der Waals surface area (Å²) in [5.74, 6) is 0.0189. The summed E-state index contributed by atoms with van der Waals surface area (Å²) in [5.41, 5.74) is 3.12. The van der Waals surface area contributed by atoms with E-state index in [1.165, 1.54) is 0 Å². The number of rotatable bonds is 6. The third-order valence-electron chi connectivity index (χ3n) is 5.18. The lowest BCUT2D eigenvalue weighted by molar-refractivity contribution is -0.131. The number of aromatic nitrogens is 1. The van der Waals surface area contributed by atoms with Gasteiger partial charge in [0.15, 0.2) is 5.13 Å². The molecular weight excluding hydrogens is 372 g/mol. The lowest BCUT2D eigenvalue weighted by Crippen LogP contribution is -2.44. The summed E-state index contributed by atoms with van der Waals surface area (Å²) in [5, 5.41) is 0.708. The van der Waals surface area contributed by atoms with E-state index < -0.39 is 6.10 Å². The number of hydrogen-bond donors (Lipinski definition) is 0. The van der Waals surface area contributed by atoms with Crippen molar-refractivity contribution in [1.29, 1.82) is 0 Å². The molecule has 1 aromatic heterocycles. The molecule has 1 aliphatic heterocycles. The third kappa shape index (κ3) is 3.81. The predicted octanol–water partition coefficient (Wildman–Crippen LogP) is 4.19. The van der Waals surface area contributed by atoms with Gasteiger partial charge in [-0.3, -0.25) is 9.69 Å². The predicted molar refractivity (Wildman–Crippen MR) is 112 cm³/mol. The summed E-state index contributed by atoms with van der Waals surface area (Å²) in [6.07, 6.45) is 0.307. The Morgan fingerprint density at radius 1 is 1.29 bits per heavy atom. The van der Waals surface area contributed by atoms with Crippen LogP contribution in [0.3, 0.4) is 0 Å². The van der Waals surface area contributed by atoms with Crippen LogP contribution in [-0.2, 0) is 20.8 Å². The molecule has 1 saturated heterocycles. The quantitative estimate of drug-likeness (QED) is 0.627. The zero-order valence-corrected chi connectivity index (χ0v) is 16.9. The molecular formula is C22H24N2O3S. The first kappa shape index (κ1) is 19.1. The van der Waals surface area contributed by atoms with E-state index >= 15 is 0 Å². The number of amides is 1. The van der Waals surface area contributed by atoms with Gasteiger partial charge in [-0.2, -0.15) is 0 Å². The zero-order valence-electron chi connectivity index (χ0n) is 16.1. The van der Waals surface area contributed by atoms with Crippen molar-refractivity contribution in [2.24, 2.45) is 5.92 Å². The summed E-state index contributed by atoms with van der Waals surface area (Å²) < 4.78 is 12.2. The number of fused-ring (bicyclic) bond motifs is 1. The summed E-state index contributed by atoms with van der Waals surface area (Å²) in [6.45, 7) is 3.74. The number of benzene rings is 2. The van der Waals surface area contributed by atoms with Gasteiger partial charge in [0.05, 0.1) is 23.4 Å². The van der Waals surface area contributed by atoms with Crippen molar-refractivity contribution in [1.82, 2.24) is 4.98 Å². The van der Waals surface area contributed by atoms with Crippen molar-refractivity contribution in [3.8, 4) is 0 Å². The van der Waals surface area contributed by atoms with Crippen LogP contribution in [0.1, 0.15) is 17.5 Å². The SMILES string of the molecule is COC(C(=O)N(Cc1ccccc1)c1nc2c(C)cccc2s1)C1CCOC1. The third-order valence-corrected chi connectivity index (χ3v) is 6.22. The standard InChI is InChI=1S/C22H24N2O3S/c1-15-7-6-10-18-19(15)23-22(28-18)24(13-16-8-4-3-5-9-16)21(25)20(26-2)17-11-12-27-14-17/h3-10,17,20H,11-14H2,1-2H3. The van der Waals surface area contributed by atoms with Crippen molar-refractivity contribution in [3.05, 3.63) is 59.7 Å². The highest BCUT2D eigenvalue weighted by atomic mass is 32.1. The average Bonchev–Trinajstić information content (AvgIpc) is 3.38. The van der Waals surface area contributed by atoms with Gasteiger partial charge in [0.25, 0.3) is 5.91 Å². The van der Waals surface area contributed by atoms with Gasteiger partial charge in [0.1, 0.15) is 6.10 Å². The molecule has 5 nitrogen and oxygen atoms in total. The molecule has 1 amide bonds. The number of thiazole rings is 1. The largest absolute Gasteiger partial charge is 0.381 e. The molecule has 0 bridgehead atoms. The first-order valence-electron chi connectivity index (χ1n) is 9.49. The summed E-state index contributed by atoms with van der Waals surface area (Å²) >= 11 is 1.54. The van der Waals surface area contributed by atoms with Gasteiger partial charge in [-0.15, -0.1) is 0 Å². The minimum Gasteiger partial charge on any atom is -0.381 e. The average molecular weight is 397 g/mol. The van der Waals surface area contributed by atoms with E-state index in [2.05, 4.69) is 0 Å². The van der Waals surface area contributed by atoms with Gasteiger partial charge in [-0.05, 0) is 30.5 Å². The van der Waals surface area contributed by atoms with E-state index in [1.54, 1.807) is 23.3 Å². The van der Waals surface area contributed by atoms with Crippen molar-refractivity contribution in [2.45, 2.75) is 26.0 Å². The van der Waals surface area contributed by atoms with E-state index in [0.717, 1.165) is 27.8 Å². The molecule has 28 heavy (non-hydrogen) atoms. The minimum absolute atomic E-state index is 0.0569. The molecule has 0 radical (unpaired) electrons. The Bertz CT molecular complexity index is 951. The van der Waals surface area contributed by atoms with Crippen molar-refractivity contribution >= 4 is 32.6 Å². The first-order chi connectivity index (χ1) is 13.7. The molecule has 2 atom stereocenters. The zero-order chi connectivity index (χ0) is 19.5. The lowest BCUT2D eigenvalue weighted by Gasteiger charge is -2.27. The number of aryl methyl sites for hydroxylation is 1. The summed E-state index contributed by atoms with van der Waals surface area (Å²) in [6, 6.07) is 16.1. The lowest BCUT2D eigenvalue weighted by atomic mass is 10.0. The number of ether oxygens (including phenoxy) is 2. The fourth-order valence-corrected chi connectivity index (χ4v) is 4.68. The molecule has 0 aliphatic carbocycles. The highest BCUT2D eigenvalue weighted by Gasteiger charge is 2.36. The van der Waals surface area contributed by atoms with Gasteiger partial charge < -0.3 is 9.47 Å². The summed E-state index contributed by atoms with van der Waals surface area (Å²) in [4.78, 5) is 20.1. The van der Waals surface area contributed by atoms with Crippen LogP contribution in [0.25, 0.3) is 10.2 Å². The number of para-hydroxylation sites is 1. The highest BCUT2D eigenvalue weighted by Crippen LogP contribution is 2.33. The molecule has 0 spiro atoms. The Morgan fingerprint density at radius 2 is 2.11 bits per heavy atom. The number of methoxy groups -OCH3 is 1. The van der Waals surface area contributed by atoms with Gasteiger partial charge in [-0.25, -0.2) is 4.98 Å². The van der Waals surface area contributed by atoms with E-state index in [0.29, 0.717) is 24.9 Å². The van der Waals surface area contributed by atoms with Crippen LogP contribution in [0.4, 0.5) is 5.13 Å². The molecule has 2 aromatic carbocycles. The monoisotopic (exact) mass is 396 g/mol. The normalized spacial score (nSPS) is 17.7. The molecule has 0 saturated carbocycles. The minimum atomic E-state index is -0.528. The Balaban J connectivity index is 1.72. The van der Waals surface area contributed by atoms with Crippen LogP contribution in [0.2, 0.25) is 0 Å². The van der Waals surface area contributed by atoms with E-state index in [-0.39, 0.29) is 11.8 Å². The second-order valence-corrected chi connectivity index (χ2v) is 8.12. The molecule has 3 aromatic rings. The molecule has 6 heteroatoms. The Labute approximate surface area is 168 Å². The van der Waals surface area contributed by atoms with Crippen molar-refractivity contribution in [3.63, 3.8) is 0 Å². The van der Waals surface area contributed by atoms with E-state index in [4.69, 9.17) is 14.5 Å². The topological polar surface area (TPSA) is 51.7 Å².